The van der Waals surface area contributed by atoms with Gasteiger partial charge in [-0.05, 0) is 32.2 Å². The SMILES string of the molecule is CC1CN(C)CCN1C(=O)CC1(C(=O)Nc2cncc3ccccc23)CCOc2ccc(Cl)cc21. The molecular weight excluding hydrogens is 464 g/mol. The van der Waals surface area contributed by atoms with Crippen LogP contribution in [0.2, 0.25) is 5.02 Å². The number of fused-ring (bicyclic) bond motifs is 2. The number of aromatic nitrogens is 1. The lowest BCUT2D eigenvalue weighted by atomic mass is 9.72. The first-order valence-electron chi connectivity index (χ1n) is 11.9. The van der Waals surface area contributed by atoms with Crippen molar-refractivity contribution in [3.8, 4) is 5.75 Å². The summed E-state index contributed by atoms with van der Waals surface area (Å²) in [5.41, 5.74) is 0.148. The van der Waals surface area contributed by atoms with Crippen LogP contribution in [0.5, 0.6) is 5.75 Å². The number of carbonyl (C=O) groups excluding carboxylic acids is 2. The second-order valence-corrected chi connectivity index (χ2v) is 9.99. The van der Waals surface area contributed by atoms with Gasteiger partial charge in [-0.25, -0.2) is 0 Å². The summed E-state index contributed by atoms with van der Waals surface area (Å²) >= 11 is 6.37. The molecule has 1 fully saturated rings. The molecule has 0 aliphatic carbocycles. The molecule has 0 saturated carbocycles. The molecule has 182 valence electrons. The molecule has 3 aromatic rings. The lowest BCUT2D eigenvalue weighted by Gasteiger charge is -2.42. The van der Waals surface area contributed by atoms with E-state index >= 15 is 0 Å². The Bertz CT molecular complexity index is 1280. The Morgan fingerprint density at radius 2 is 2.03 bits per heavy atom. The van der Waals surface area contributed by atoms with E-state index in [0.717, 1.165) is 23.9 Å². The highest BCUT2D eigenvalue weighted by atomic mass is 35.5. The fraction of sp³-hybridized carbons (Fsp3) is 0.370. The number of ether oxygens (including phenoxy) is 1. The van der Waals surface area contributed by atoms with E-state index in [1.807, 2.05) is 29.2 Å². The monoisotopic (exact) mass is 492 g/mol. The highest BCUT2D eigenvalue weighted by Crippen LogP contribution is 2.44. The normalized spacial score (nSPS) is 22.4. The van der Waals surface area contributed by atoms with Crippen molar-refractivity contribution in [2.24, 2.45) is 0 Å². The van der Waals surface area contributed by atoms with Crippen LogP contribution in [-0.2, 0) is 15.0 Å². The molecule has 0 spiro atoms. The van der Waals surface area contributed by atoms with Crippen LogP contribution >= 0.6 is 11.6 Å². The minimum Gasteiger partial charge on any atom is -0.493 e. The number of pyridine rings is 1. The Morgan fingerprint density at radius 1 is 1.20 bits per heavy atom. The van der Waals surface area contributed by atoms with Crippen molar-refractivity contribution in [3.63, 3.8) is 0 Å². The minimum absolute atomic E-state index is 0.0374. The molecule has 2 amide bonds. The maximum atomic E-state index is 14.1. The van der Waals surface area contributed by atoms with Crippen LogP contribution < -0.4 is 10.1 Å². The zero-order chi connectivity index (χ0) is 24.6. The van der Waals surface area contributed by atoms with E-state index in [0.29, 0.717) is 41.6 Å². The van der Waals surface area contributed by atoms with E-state index in [1.54, 1.807) is 30.6 Å². The maximum Gasteiger partial charge on any atom is 0.235 e. The van der Waals surface area contributed by atoms with Gasteiger partial charge in [-0.15, -0.1) is 0 Å². The van der Waals surface area contributed by atoms with Gasteiger partial charge in [-0.3, -0.25) is 14.6 Å². The third-order valence-electron chi connectivity index (χ3n) is 7.20. The largest absolute Gasteiger partial charge is 0.493 e. The quantitative estimate of drug-likeness (QED) is 0.593. The molecule has 2 aromatic carbocycles. The topological polar surface area (TPSA) is 74.8 Å². The number of carbonyl (C=O) groups is 2. The summed E-state index contributed by atoms with van der Waals surface area (Å²) in [6.07, 6.45) is 3.83. The first-order chi connectivity index (χ1) is 16.9. The molecule has 1 aromatic heterocycles. The van der Waals surface area contributed by atoms with Crippen molar-refractivity contribution in [1.29, 1.82) is 0 Å². The molecule has 8 heteroatoms. The van der Waals surface area contributed by atoms with Crippen LogP contribution in [0.4, 0.5) is 5.69 Å². The molecule has 5 rings (SSSR count). The highest BCUT2D eigenvalue weighted by Gasteiger charge is 2.47. The predicted octanol–water partition coefficient (Wildman–Crippen LogP) is 4.10. The second kappa shape index (κ2) is 9.47. The Kier molecular flexibility index (Phi) is 6.38. The number of benzene rings is 2. The average Bonchev–Trinajstić information content (AvgIpc) is 2.84. The lowest BCUT2D eigenvalue weighted by molar-refractivity contribution is -0.140. The zero-order valence-corrected chi connectivity index (χ0v) is 20.7. The first kappa shape index (κ1) is 23.6. The standard InChI is InChI=1S/C27H29ClN4O3/c1-18-17-31(2)10-11-32(18)25(33)14-27(9-12-35-24-8-7-20(28)13-22(24)27)26(34)30-23-16-29-15-19-5-3-4-6-21(19)23/h3-8,13,15-16,18H,9-12,14,17H2,1-2H3,(H,30,34). The molecule has 2 atom stereocenters. The Morgan fingerprint density at radius 3 is 2.86 bits per heavy atom. The van der Waals surface area contributed by atoms with Gasteiger partial charge in [-0.1, -0.05) is 35.9 Å². The number of amides is 2. The van der Waals surface area contributed by atoms with Crippen LogP contribution in [0.25, 0.3) is 10.8 Å². The number of nitrogens with zero attached hydrogens (tertiary/aromatic N) is 3. The summed E-state index contributed by atoms with van der Waals surface area (Å²) in [7, 11) is 2.06. The summed E-state index contributed by atoms with van der Waals surface area (Å²) in [6.45, 7) is 4.64. The summed E-state index contributed by atoms with van der Waals surface area (Å²) in [5, 5.41) is 5.42. The molecule has 1 N–H and O–H groups in total. The zero-order valence-electron chi connectivity index (χ0n) is 20.0. The molecule has 2 unspecified atom stereocenters. The van der Waals surface area contributed by atoms with Gasteiger partial charge in [0.2, 0.25) is 11.8 Å². The third kappa shape index (κ3) is 4.46. The Balaban J connectivity index is 1.54. The van der Waals surface area contributed by atoms with Crippen molar-refractivity contribution < 1.29 is 14.3 Å². The molecule has 2 aliphatic rings. The highest BCUT2D eigenvalue weighted by molar-refractivity contribution is 6.30. The van der Waals surface area contributed by atoms with Gasteiger partial charge in [0.25, 0.3) is 0 Å². The minimum atomic E-state index is -1.12. The third-order valence-corrected chi connectivity index (χ3v) is 7.43. The van der Waals surface area contributed by atoms with Crippen LogP contribution in [0, 0.1) is 0 Å². The van der Waals surface area contributed by atoms with Crippen LogP contribution in [0.3, 0.4) is 0 Å². The summed E-state index contributed by atoms with van der Waals surface area (Å²) in [6, 6.07) is 13.1. The smallest absolute Gasteiger partial charge is 0.235 e. The number of rotatable bonds is 4. The molecule has 7 nitrogen and oxygen atoms in total. The van der Waals surface area contributed by atoms with Crippen LogP contribution in [0.1, 0.15) is 25.3 Å². The van der Waals surface area contributed by atoms with Crippen molar-refractivity contribution in [3.05, 3.63) is 65.4 Å². The molecule has 3 heterocycles. The van der Waals surface area contributed by atoms with Crippen molar-refractivity contribution in [2.75, 3.05) is 38.6 Å². The number of halogens is 1. The molecule has 35 heavy (non-hydrogen) atoms. The Labute approximate surface area is 210 Å². The fourth-order valence-electron chi connectivity index (χ4n) is 5.30. The van der Waals surface area contributed by atoms with Gasteiger partial charge < -0.3 is 19.9 Å². The van der Waals surface area contributed by atoms with Crippen molar-refractivity contribution >= 4 is 39.9 Å². The number of likely N-dealkylation sites (N-methyl/N-ethyl adjacent to an activating group) is 1. The number of piperazine rings is 1. The van der Waals surface area contributed by atoms with E-state index in [-0.39, 0.29) is 24.3 Å². The number of hydrogen-bond donors (Lipinski definition) is 1. The Hall–Kier alpha value is -3.16. The first-order valence-corrected chi connectivity index (χ1v) is 12.3. The summed E-state index contributed by atoms with van der Waals surface area (Å²) in [4.78, 5) is 36.3. The van der Waals surface area contributed by atoms with E-state index in [4.69, 9.17) is 16.3 Å². The van der Waals surface area contributed by atoms with Crippen LogP contribution in [0.15, 0.2) is 54.9 Å². The summed E-state index contributed by atoms with van der Waals surface area (Å²) < 4.78 is 5.88. The van der Waals surface area contributed by atoms with Gasteiger partial charge in [-0.2, -0.15) is 0 Å². The maximum absolute atomic E-state index is 14.1. The van der Waals surface area contributed by atoms with Gasteiger partial charge in [0, 0.05) is 66.1 Å². The number of nitrogens with one attached hydrogen (secondary N) is 1. The second-order valence-electron chi connectivity index (χ2n) is 9.56. The van der Waals surface area contributed by atoms with E-state index < -0.39 is 5.41 Å². The predicted molar refractivity (Wildman–Crippen MR) is 137 cm³/mol. The molecule has 0 bridgehead atoms. The molecule has 2 aliphatic heterocycles. The molecule has 1 saturated heterocycles. The van der Waals surface area contributed by atoms with E-state index in [1.165, 1.54) is 0 Å². The van der Waals surface area contributed by atoms with Gasteiger partial charge in [0.15, 0.2) is 0 Å². The van der Waals surface area contributed by atoms with Crippen molar-refractivity contribution in [2.45, 2.75) is 31.2 Å². The summed E-state index contributed by atoms with van der Waals surface area (Å²) in [5.74, 6) is 0.299. The van der Waals surface area contributed by atoms with Gasteiger partial charge in [0.1, 0.15) is 5.75 Å². The van der Waals surface area contributed by atoms with Crippen LogP contribution in [-0.4, -0.2) is 65.9 Å². The molecule has 0 radical (unpaired) electrons. The number of anilines is 1. The van der Waals surface area contributed by atoms with E-state index in [2.05, 4.69) is 29.2 Å². The van der Waals surface area contributed by atoms with Crippen molar-refractivity contribution in [1.82, 2.24) is 14.8 Å². The fourth-order valence-corrected chi connectivity index (χ4v) is 5.47. The number of hydrogen-bond acceptors (Lipinski definition) is 5. The van der Waals surface area contributed by atoms with E-state index in [9.17, 15) is 9.59 Å². The lowest BCUT2D eigenvalue weighted by Crippen LogP contribution is -2.55. The molecular formula is C27H29ClN4O3. The average molecular weight is 493 g/mol. The van der Waals surface area contributed by atoms with Gasteiger partial charge >= 0.3 is 0 Å². The van der Waals surface area contributed by atoms with Gasteiger partial charge in [0.05, 0.1) is 23.9 Å².